The molecule has 0 fully saturated rings. The van der Waals surface area contributed by atoms with Crippen molar-refractivity contribution in [1.29, 1.82) is 0 Å². The van der Waals surface area contributed by atoms with Crippen molar-refractivity contribution in [3.63, 3.8) is 0 Å². The van der Waals surface area contributed by atoms with Crippen molar-refractivity contribution in [2.75, 3.05) is 18.5 Å². The fourth-order valence-corrected chi connectivity index (χ4v) is 4.24. The molecular weight excluding hydrogens is 412 g/mol. The zero-order valence-corrected chi connectivity index (χ0v) is 18.5. The second-order valence-electron chi connectivity index (χ2n) is 7.62. The van der Waals surface area contributed by atoms with E-state index in [0.717, 1.165) is 58.9 Å². The third kappa shape index (κ3) is 4.52. The molecule has 162 valence electrons. The molecule has 8 nitrogen and oxygen atoms in total. The largest absolute Gasteiger partial charge is 0.382 e. The molecule has 0 amide bonds. The van der Waals surface area contributed by atoms with Gasteiger partial charge in [0.15, 0.2) is 5.82 Å². The number of unbranched alkanes of at least 4 members (excludes halogenated alkanes) is 1. The number of fused-ring (bicyclic) bond motifs is 3. The Morgan fingerprint density at radius 2 is 2.00 bits per heavy atom. The summed E-state index contributed by atoms with van der Waals surface area (Å²) in [7, 11) is -3.27. The third-order valence-electron chi connectivity index (χ3n) is 5.23. The zero-order chi connectivity index (χ0) is 22.0. The van der Waals surface area contributed by atoms with Crippen LogP contribution in [0.2, 0.25) is 0 Å². The smallest absolute Gasteiger partial charge is 0.208 e. The van der Waals surface area contributed by atoms with Gasteiger partial charge < -0.3 is 10.3 Å². The van der Waals surface area contributed by atoms with Crippen molar-refractivity contribution in [1.82, 2.24) is 24.2 Å². The molecule has 0 saturated heterocycles. The number of hydrogen-bond acceptors (Lipinski definition) is 6. The fraction of sp³-hybridized carbons (Fsp3) is 0.318. The number of aromatic nitrogens is 4. The first-order chi connectivity index (χ1) is 14.9. The highest BCUT2D eigenvalue weighted by Crippen LogP contribution is 2.32. The van der Waals surface area contributed by atoms with E-state index in [1.165, 1.54) is 0 Å². The van der Waals surface area contributed by atoms with Crippen LogP contribution in [-0.2, 0) is 23.0 Å². The molecule has 0 aliphatic rings. The summed E-state index contributed by atoms with van der Waals surface area (Å²) in [5, 5.41) is 0.937. The number of imidazole rings is 1. The Bertz CT molecular complexity index is 1330. The lowest BCUT2D eigenvalue weighted by molar-refractivity contribution is 0.575. The molecule has 4 rings (SSSR count). The number of rotatable bonds is 8. The third-order valence-corrected chi connectivity index (χ3v) is 5.96. The van der Waals surface area contributed by atoms with E-state index in [1.54, 1.807) is 6.20 Å². The van der Waals surface area contributed by atoms with E-state index >= 15 is 0 Å². The van der Waals surface area contributed by atoms with Gasteiger partial charge in [-0.3, -0.25) is 4.98 Å². The van der Waals surface area contributed by atoms with Gasteiger partial charge in [0.25, 0.3) is 0 Å². The summed E-state index contributed by atoms with van der Waals surface area (Å²) < 4.78 is 27.7. The Balaban J connectivity index is 1.87. The number of sulfonamides is 1. The van der Waals surface area contributed by atoms with Crippen LogP contribution in [0.5, 0.6) is 0 Å². The highest BCUT2D eigenvalue weighted by Gasteiger charge is 2.18. The van der Waals surface area contributed by atoms with Gasteiger partial charge in [-0.05, 0) is 24.1 Å². The first kappa shape index (κ1) is 21.2. The van der Waals surface area contributed by atoms with Crippen LogP contribution in [0.4, 0.5) is 5.82 Å². The molecule has 0 atom stereocenters. The molecule has 1 aromatic carbocycles. The Hall–Kier alpha value is -3.04. The maximum absolute atomic E-state index is 11.5. The van der Waals surface area contributed by atoms with E-state index in [-0.39, 0.29) is 6.54 Å². The van der Waals surface area contributed by atoms with Crippen LogP contribution in [0.3, 0.4) is 0 Å². The van der Waals surface area contributed by atoms with Crippen molar-refractivity contribution in [2.24, 2.45) is 0 Å². The zero-order valence-electron chi connectivity index (χ0n) is 17.7. The molecule has 3 N–H and O–H groups in total. The summed E-state index contributed by atoms with van der Waals surface area (Å²) in [5.41, 5.74) is 10.6. The topological polar surface area (TPSA) is 116 Å². The van der Waals surface area contributed by atoms with Gasteiger partial charge in [-0.25, -0.2) is 23.1 Å². The van der Waals surface area contributed by atoms with E-state index in [0.29, 0.717) is 17.9 Å². The van der Waals surface area contributed by atoms with Crippen molar-refractivity contribution >= 4 is 37.8 Å². The van der Waals surface area contributed by atoms with Crippen LogP contribution in [-0.4, -0.2) is 40.7 Å². The SMILES string of the molecule is CCCCc1nc2c(N)nc3cc(-c4cccnc4)ccc3c2n1CCNS(C)(=O)=O. The molecular formula is C22H26N6O2S. The van der Waals surface area contributed by atoms with Gasteiger partial charge in [0.2, 0.25) is 10.0 Å². The first-order valence-corrected chi connectivity index (χ1v) is 12.2. The van der Waals surface area contributed by atoms with E-state index in [4.69, 9.17) is 10.7 Å². The van der Waals surface area contributed by atoms with Gasteiger partial charge >= 0.3 is 0 Å². The minimum Gasteiger partial charge on any atom is -0.382 e. The molecule has 3 aromatic heterocycles. The predicted molar refractivity (Wildman–Crippen MR) is 124 cm³/mol. The van der Waals surface area contributed by atoms with Gasteiger partial charge in [0.1, 0.15) is 11.3 Å². The molecule has 0 saturated carbocycles. The van der Waals surface area contributed by atoms with Crippen LogP contribution >= 0.6 is 0 Å². The van der Waals surface area contributed by atoms with E-state index < -0.39 is 10.0 Å². The first-order valence-electron chi connectivity index (χ1n) is 10.3. The molecule has 0 bridgehead atoms. The lowest BCUT2D eigenvalue weighted by Crippen LogP contribution is -2.26. The molecule has 0 aliphatic carbocycles. The Labute approximate surface area is 181 Å². The average Bonchev–Trinajstić information content (AvgIpc) is 3.11. The highest BCUT2D eigenvalue weighted by atomic mass is 32.2. The second-order valence-corrected chi connectivity index (χ2v) is 9.45. The van der Waals surface area contributed by atoms with Crippen LogP contribution in [0.1, 0.15) is 25.6 Å². The summed E-state index contributed by atoms with van der Waals surface area (Å²) in [6.07, 6.45) is 7.53. The second kappa shape index (κ2) is 8.60. The maximum Gasteiger partial charge on any atom is 0.208 e. The number of nitrogens with zero attached hydrogens (tertiary/aromatic N) is 4. The van der Waals surface area contributed by atoms with Crippen LogP contribution in [0, 0.1) is 0 Å². The van der Waals surface area contributed by atoms with Crippen molar-refractivity contribution in [3.05, 3.63) is 48.5 Å². The average molecular weight is 439 g/mol. The predicted octanol–water partition coefficient (Wildman–Crippen LogP) is 3.12. The van der Waals surface area contributed by atoms with Crippen LogP contribution < -0.4 is 10.5 Å². The lowest BCUT2D eigenvalue weighted by atomic mass is 10.0. The minimum atomic E-state index is -3.27. The number of nitrogens with one attached hydrogen (secondary N) is 1. The van der Waals surface area contributed by atoms with Gasteiger partial charge in [0.05, 0.1) is 17.3 Å². The number of benzene rings is 1. The number of nitrogens with two attached hydrogens (primary N) is 1. The summed E-state index contributed by atoms with van der Waals surface area (Å²) in [4.78, 5) is 13.6. The number of anilines is 1. The molecule has 0 radical (unpaired) electrons. The normalized spacial score (nSPS) is 12.1. The Kier molecular flexibility index (Phi) is 5.88. The van der Waals surface area contributed by atoms with Crippen molar-refractivity contribution in [3.8, 4) is 11.1 Å². The Morgan fingerprint density at radius 1 is 1.16 bits per heavy atom. The van der Waals surface area contributed by atoms with Crippen LogP contribution in [0.15, 0.2) is 42.7 Å². The van der Waals surface area contributed by atoms with Gasteiger partial charge in [-0.15, -0.1) is 0 Å². The van der Waals surface area contributed by atoms with Gasteiger partial charge in [-0.2, -0.15) is 0 Å². The molecule has 0 unspecified atom stereocenters. The van der Waals surface area contributed by atoms with E-state index in [2.05, 4.69) is 26.2 Å². The standard InChI is InChI=1S/C22H26N6O2S/c1-3-4-7-19-27-20-21(28(19)12-11-25-31(2,29)30)17-9-8-15(13-18(17)26-22(20)23)16-6-5-10-24-14-16/h5-6,8-10,13-14,25H,3-4,7,11-12H2,1-2H3,(H2,23,26). The summed E-state index contributed by atoms with van der Waals surface area (Å²) in [6.45, 7) is 2.87. The lowest BCUT2D eigenvalue weighted by Gasteiger charge is -2.12. The number of hydrogen-bond donors (Lipinski definition) is 2. The Morgan fingerprint density at radius 3 is 2.71 bits per heavy atom. The fourth-order valence-electron chi connectivity index (χ4n) is 3.78. The molecule has 0 spiro atoms. The van der Waals surface area contributed by atoms with E-state index in [9.17, 15) is 8.42 Å². The highest BCUT2D eigenvalue weighted by molar-refractivity contribution is 7.88. The van der Waals surface area contributed by atoms with Gasteiger partial charge in [-0.1, -0.05) is 31.5 Å². The maximum atomic E-state index is 11.5. The molecule has 0 aliphatic heterocycles. The monoisotopic (exact) mass is 438 g/mol. The number of nitrogen functional groups attached to an aromatic ring is 1. The molecule has 31 heavy (non-hydrogen) atoms. The molecule has 3 heterocycles. The quantitative estimate of drug-likeness (QED) is 0.437. The number of pyridine rings is 2. The van der Waals surface area contributed by atoms with E-state index in [1.807, 2.05) is 36.5 Å². The van der Waals surface area contributed by atoms with Crippen LogP contribution in [0.25, 0.3) is 33.1 Å². The van der Waals surface area contributed by atoms with Crippen molar-refractivity contribution in [2.45, 2.75) is 32.7 Å². The molecule has 4 aromatic rings. The number of aryl methyl sites for hydroxylation is 1. The summed E-state index contributed by atoms with van der Waals surface area (Å²) in [5.74, 6) is 1.27. The van der Waals surface area contributed by atoms with Crippen molar-refractivity contribution < 1.29 is 8.42 Å². The van der Waals surface area contributed by atoms with Gasteiger partial charge in [0, 0.05) is 42.9 Å². The summed E-state index contributed by atoms with van der Waals surface area (Å²) in [6, 6.07) is 9.96. The minimum absolute atomic E-state index is 0.279. The summed E-state index contributed by atoms with van der Waals surface area (Å²) >= 11 is 0. The molecule has 9 heteroatoms.